The smallest absolute Gasteiger partial charge is 0.494 e. The van der Waals surface area contributed by atoms with E-state index in [1.165, 1.54) is 16.4 Å². The zero-order valence-electron chi connectivity index (χ0n) is 15.1. The van der Waals surface area contributed by atoms with E-state index in [1.54, 1.807) is 24.3 Å². The summed E-state index contributed by atoms with van der Waals surface area (Å²) >= 11 is 0. The van der Waals surface area contributed by atoms with Crippen LogP contribution in [0, 0.1) is 0 Å². The van der Waals surface area contributed by atoms with E-state index >= 15 is 0 Å². The van der Waals surface area contributed by atoms with Crippen molar-refractivity contribution in [3.63, 3.8) is 0 Å². The van der Waals surface area contributed by atoms with Gasteiger partial charge in [-0.3, -0.25) is 0 Å². The molecular weight excluding hydrogens is 395 g/mol. The molecule has 0 saturated carbocycles. The lowest BCUT2D eigenvalue weighted by Gasteiger charge is -2.25. The highest BCUT2D eigenvalue weighted by Crippen LogP contribution is 2.40. The van der Waals surface area contributed by atoms with E-state index in [2.05, 4.69) is 4.74 Å². The van der Waals surface area contributed by atoms with Gasteiger partial charge < -0.3 is 9.47 Å². The van der Waals surface area contributed by atoms with Crippen molar-refractivity contribution in [2.24, 2.45) is 0 Å². The molecule has 0 aromatic heterocycles. The van der Waals surface area contributed by atoms with E-state index in [0.717, 1.165) is 17.7 Å². The summed E-state index contributed by atoms with van der Waals surface area (Å²) in [7, 11) is -4.18. The quantitative estimate of drug-likeness (QED) is 0.697. The van der Waals surface area contributed by atoms with Gasteiger partial charge in [0.2, 0.25) is 10.0 Å². The van der Waals surface area contributed by atoms with Crippen molar-refractivity contribution in [3.8, 4) is 11.5 Å². The van der Waals surface area contributed by atoms with E-state index in [1.807, 2.05) is 6.92 Å². The molecule has 5 nitrogen and oxygen atoms in total. The molecule has 1 aliphatic rings. The van der Waals surface area contributed by atoms with Crippen molar-refractivity contribution in [3.05, 3.63) is 54.1 Å². The van der Waals surface area contributed by atoms with Crippen molar-refractivity contribution in [1.29, 1.82) is 0 Å². The van der Waals surface area contributed by atoms with Crippen LogP contribution in [-0.4, -0.2) is 32.2 Å². The van der Waals surface area contributed by atoms with Crippen molar-refractivity contribution in [1.82, 2.24) is 4.31 Å². The number of hydrogen-bond donors (Lipinski definition) is 0. The molecule has 0 bridgehead atoms. The van der Waals surface area contributed by atoms with Gasteiger partial charge in [-0.05, 0) is 49.6 Å². The lowest BCUT2D eigenvalue weighted by Crippen LogP contribution is -2.31. The van der Waals surface area contributed by atoms with E-state index in [4.69, 9.17) is 4.74 Å². The summed E-state index contributed by atoms with van der Waals surface area (Å²) in [5.41, 5.74) is 0.763. The molecule has 1 saturated heterocycles. The van der Waals surface area contributed by atoms with Crippen molar-refractivity contribution < 1.29 is 31.1 Å². The van der Waals surface area contributed by atoms with Gasteiger partial charge in [-0.2, -0.15) is 4.31 Å². The standard InChI is InChI=1S/C19H20F3NO4S/c1-2-26-15-11-9-14(10-12-15)16-6-5-13-23(16)28(24,25)18-8-4-3-7-17(18)27-19(20,21)22/h3-4,7-12,16H,2,5-6,13H2,1H3. The molecular formula is C19H20F3NO4S. The number of halogens is 3. The minimum Gasteiger partial charge on any atom is -0.494 e. The Morgan fingerprint density at radius 1 is 1.11 bits per heavy atom. The van der Waals surface area contributed by atoms with Gasteiger partial charge in [-0.15, -0.1) is 13.2 Å². The fraction of sp³-hybridized carbons (Fsp3) is 0.368. The zero-order chi connectivity index (χ0) is 20.4. The van der Waals surface area contributed by atoms with Crippen molar-refractivity contribution >= 4 is 10.0 Å². The predicted octanol–water partition coefficient (Wildman–Crippen LogP) is 4.51. The van der Waals surface area contributed by atoms with E-state index in [0.29, 0.717) is 25.2 Å². The maximum Gasteiger partial charge on any atom is 0.573 e. The van der Waals surface area contributed by atoms with Crippen LogP contribution < -0.4 is 9.47 Å². The minimum absolute atomic E-state index is 0.223. The first-order valence-electron chi connectivity index (χ1n) is 8.82. The number of para-hydroxylation sites is 1. The fourth-order valence-electron chi connectivity index (χ4n) is 3.31. The highest BCUT2D eigenvalue weighted by atomic mass is 32.2. The Morgan fingerprint density at radius 3 is 2.43 bits per heavy atom. The maximum absolute atomic E-state index is 13.1. The second-order valence-corrected chi connectivity index (χ2v) is 8.13. The third-order valence-electron chi connectivity index (χ3n) is 4.44. The first kappa shape index (κ1) is 20.5. The Labute approximate surface area is 161 Å². The Bertz CT molecular complexity index is 914. The van der Waals surface area contributed by atoms with Gasteiger partial charge in [-0.1, -0.05) is 24.3 Å². The van der Waals surface area contributed by atoms with Crippen LogP contribution in [0.15, 0.2) is 53.4 Å². The lowest BCUT2D eigenvalue weighted by atomic mass is 10.1. The highest BCUT2D eigenvalue weighted by Gasteiger charge is 2.40. The van der Waals surface area contributed by atoms with Gasteiger partial charge in [0, 0.05) is 6.54 Å². The molecule has 0 spiro atoms. The zero-order valence-corrected chi connectivity index (χ0v) is 16.0. The minimum atomic E-state index is -4.98. The summed E-state index contributed by atoms with van der Waals surface area (Å²) in [6.07, 6.45) is -3.79. The van der Waals surface area contributed by atoms with Gasteiger partial charge in [0.05, 0.1) is 12.6 Å². The topological polar surface area (TPSA) is 55.8 Å². The van der Waals surface area contributed by atoms with Gasteiger partial charge in [0.15, 0.2) is 0 Å². The average Bonchev–Trinajstić information content (AvgIpc) is 3.12. The van der Waals surface area contributed by atoms with Crippen LogP contribution >= 0.6 is 0 Å². The summed E-state index contributed by atoms with van der Waals surface area (Å²) in [5.74, 6) is -0.0603. The lowest BCUT2D eigenvalue weighted by molar-refractivity contribution is -0.275. The summed E-state index contributed by atoms with van der Waals surface area (Å²) in [4.78, 5) is -0.495. The number of benzene rings is 2. The van der Waals surface area contributed by atoms with E-state index in [9.17, 15) is 21.6 Å². The molecule has 2 aromatic rings. The molecule has 2 aromatic carbocycles. The third-order valence-corrected chi connectivity index (χ3v) is 6.39. The Hall–Kier alpha value is -2.26. The summed E-state index contributed by atoms with van der Waals surface area (Å²) in [6, 6.07) is 11.4. The molecule has 9 heteroatoms. The van der Waals surface area contributed by atoms with Crippen molar-refractivity contribution in [2.75, 3.05) is 13.2 Å². The molecule has 1 unspecified atom stereocenters. The summed E-state index contributed by atoms with van der Waals surface area (Å²) in [6.45, 7) is 2.60. The van der Waals surface area contributed by atoms with Crippen LogP contribution in [0.5, 0.6) is 11.5 Å². The van der Waals surface area contributed by atoms with Crippen LogP contribution in [0.2, 0.25) is 0 Å². The van der Waals surface area contributed by atoms with Crippen LogP contribution in [-0.2, 0) is 10.0 Å². The second-order valence-electron chi connectivity index (χ2n) is 6.27. The molecule has 152 valence electrons. The molecule has 1 aliphatic heterocycles. The maximum atomic E-state index is 13.1. The molecule has 1 fully saturated rings. The van der Waals surface area contributed by atoms with Gasteiger partial charge in [0.1, 0.15) is 16.4 Å². The first-order valence-corrected chi connectivity index (χ1v) is 10.3. The third kappa shape index (κ3) is 4.41. The molecule has 3 rings (SSSR count). The Morgan fingerprint density at radius 2 is 1.79 bits per heavy atom. The molecule has 1 heterocycles. The Balaban J connectivity index is 1.93. The molecule has 28 heavy (non-hydrogen) atoms. The van der Waals surface area contributed by atoms with E-state index < -0.39 is 33.1 Å². The van der Waals surface area contributed by atoms with Gasteiger partial charge in [-0.25, -0.2) is 8.42 Å². The monoisotopic (exact) mass is 415 g/mol. The molecule has 0 amide bonds. The van der Waals surface area contributed by atoms with Crippen molar-refractivity contribution in [2.45, 2.75) is 37.1 Å². The normalized spacial score (nSPS) is 18.2. The van der Waals surface area contributed by atoms with Crippen LogP contribution in [0.25, 0.3) is 0 Å². The van der Waals surface area contributed by atoms with Gasteiger partial charge in [0.25, 0.3) is 0 Å². The molecule has 0 radical (unpaired) electrons. The largest absolute Gasteiger partial charge is 0.573 e. The highest BCUT2D eigenvalue weighted by molar-refractivity contribution is 7.89. The van der Waals surface area contributed by atoms with Gasteiger partial charge >= 0.3 is 6.36 Å². The molecule has 0 aliphatic carbocycles. The number of sulfonamides is 1. The predicted molar refractivity (Wildman–Crippen MR) is 96.6 cm³/mol. The number of rotatable bonds is 6. The number of alkyl halides is 3. The Kier molecular flexibility index (Phi) is 5.85. The van der Waals surface area contributed by atoms with Crippen LogP contribution in [0.4, 0.5) is 13.2 Å². The SMILES string of the molecule is CCOc1ccc(C2CCCN2S(=O)(=O)c2ccccc2OC(F)(F)F)cc1. The number of hydrogen-bond acceptors (Lipinski definition) is 4. The molecule has 1 atom stereocenters. The number of ether oxygens (including phenoxy) is 2. The first-order chi connectivity index (χ1) is 13.2. The fourth-order valence-corrected chi connectivity index (χ4v) is 5.11. The van der Waals surface area contributed by atoms with Crippen LogP contribution in [0.1, 0.15) is 31.4 Å². The average molecular weight is 415 g/mol. The van der Waals surface area contributed by atoms with Crippen LogP contribution in [0.3, 0.4) is 0 Å². The summed E-state index contributed by atoms with van der Waals surface area (Å²) in [5, 5.41) is 0. The number of nitrogens with zero attached hydrogens (tertiary/aromatic N) is 1. The molecule has 0 N–H and O–H groups in total. The summed E-state index contributed by atoms with van der Waals surface area (Å²) < 4.78 is 74.9. The second kappa shape index (κ2) is 8.00. The van der Waals surface area contributed by atoms with E-state index in [-0.39, 0.29) is 6.54 Å².